The summed E-state index contributed by atoms with van der Waals surface area (Å²) >= 11 is 5.81. The second kappa shape index (κ2) is 5.72. The Morgan fingerprint density at radius 1 is 1.59 bits per heavy atom. The molecule has 0 fully saturated rings. The molecule has 0 radical (unpaired) electrons. The van der Waals surface area contributed by atoms with E-state index in [4.69, 9.17) is 16.7 Å². The molecule has 1 heterocycles. The van der Waals surface area contributed by atoms with Gasteiger partial charge < -0.3 is 15.0 Å². The number of carbonyl (C=O) groups is 2. The molecule has 1 unspecified atom stereocenters. The van der Waals surface area contributed by atoms with E-state index >= 15 is 0 Å². The molecule has 17 heavy (non-hydrogen) atoms. The average molecular weight is 259 g/mol. The van der Waals surface area contributed by atoms with Gasteiger partial charge in [0.2, 0.25) is 0 Å². The van der Waals surface area contributed by atoms with Gasteiger partial charge in [-0.1, -0.05) is 11.6 Å². The van der Waals surface area contributed by atoms with E-state index in [1.807, 2.05) is 6.92 Å². The lowest BCUT2D eigenvalue weighted by atomic mass is 10.2. The van der Waals surface area contributed by atoms with Crippen LogP contribution in [0.25, 0.3) is 0 Å². The standard InChI is InChI=1S/C11H15ClN2O3/c1-3-14-6-8(12)5-9(14)11(17)13-7(2)4-10(15)16/h5-7H,3-4H2,1-2H3,(H,13,17)(H,15,16). The summed E-state index contributed by atoms with van der Waals surface area (Å²) in [4.78, 5) is 22.3. The van der Waals surface area contributed by atoms with Crippen molar-refractivity contribution in [1.82, 2.24) is 9.88 Å². The van der Waals surface area contributed by atoms with E-state index in [0.717, 1.165) is 0 Å². The van der Waals surface area contributed by atoms with E-state index in [0.29, 0.717) is 17.3 Å². The number of carboxylic acid groups (broad SMARTS) is 1. The molecular formula is C11H15ClN2O3. The molecule has 1 rings (SSSR count). The van der Waals surface area contributed by atoms with Crippen molar-refractivity contribution in [1.29, 1.82) is 0 Å². The van der Waals surface area contributed by atoms with Gasteiger partial charge in [0, 0.05) is 18.8 Å². The Kier molecular flexibility index (Phi) is 4.57. The van der Waals surface area contributed by atoms with Gasteiger partial charge in [0.1, 0.15) is 5.69 Å². The van der Waals surface area contributed by atoms with E-state index in [9.17, 15) is 9.59 Å². The van der Waals surface area contributed by atoms with E-state index in [1.165, 1.54) is 0 Å². The first-order chi connectivity index (χ1) is 7.93. The number of amides is 1. The van der Waals surface area contributed by atoms with Crippen molar-refractivity contribution < 1.29 is 14.7 Å². The van der Waals surface area contributed by atoms with Gasteiger partial charge in [0.05, 0.1) is 11.4 Å². The highest BCUT2D eigenvalue weighted by Gasteiger charge is 2.16. The monoisotopic (exact) mass is 258 g/mol. The van der Waals surface area contributed by atoms with Crippen LogP contribution in [-0.4, -0.2) is 27.6 Å². The van der Waals surface area contributed by atoms with Crippen LogP contribution in [0.4, 0.5) is 0 Å². The van der Waals surface area contributed by atoms with Crippen LogP contribution in [0.5, 0.6) is 0 Å². The first-order valence-corrected chi connectivity index (χ1v) is 5.70. The van der Waals surface area contributed by atoms with Crippen LogP contribution in [0, 0.1) is 0 Å². The Morgan fingerprint density at radius 3 is 2.76 bits per heavy atom. The highest BCUT2D eigenvalue weighted by atomic mass is 35.5. The van der Waals surface area contributed by atoms with Crippen LogP contribution < -0.4 is 5.32 Å². The third kappa shape index (κ3) is 3.78. The number of aliphatic carboxylic acids is 1. The molecule has 0 aromatic carbocycles. The second-order valence-electron chi connectivity index (χ2n) is 3.80. The third-order valence-corrected chi connectivity index (χ3v) is 2.50. The molecule has 6 heteroatoms. The van der Waals surface area contributed by atoms with Crippen molar-refractivity contribution in [3.05, 3.63) is 23.0 Å². The molecule has 1 aromatic heterocycles. The number of hydrogen-bond acceptors (Lipinski definition) is 2. The van der Waals surface area contributed by atoms with Crippen molar-refractivity contribution in [2.75, 3.05) is 0 Å². The normalized spacial score (nSPS) is 12.2. The largest absolute Gasteiger partial charge is 0.481 e. The quantitative estimate of drug-likeness (QED) is 0.845. The van der Waals surface area contributed by atoms with Crippen LogP contribution in [0.3, 0.4) is 0 Å². The van der Waals surface area contributed by atoms with Gasteiger partial charge in [-0.3, -0.25) is 9.59 Å². The Morgan fingerprint density at radius 2 is 2.24 bits per heavy atom. The minimum Gasteiger partial charge on any atom is -0.481 e. The molecule has 1 amide bonds. The summed E-state index contributed by atoms with van der Waals surface area (Å²) in [6.07, 6.45) is 1.56. The summed E-state index contributed by atoms with van der Waals surface area (Å²) in [5, 5.41) is 11.7. The summed E-state index contributed by atoms with van der Waals surface area (Å²) in [7, 11) is 0. The van der Waals surface area contributed by atoms with E-state index < -0.39 is 12.0 Å². The number of hydrogen-bond donors (Lipinski definition) is 2. The van der Waals surface area contributed by atoms with Crippen LogP contribution in [0.2, 0.25) is 5.02 Å². The molecule has 0 aliphatic rings. The molecule has 0 aliphatic carbocycles. The predicted octanol–water partition coefficient (Wildman–Crippen LogP) is 1.75. The lowest BCUT2D eigenvalue weighted by Gasteiger charge is -2.12. The minimum absolute atomic E-state index is 0.105. The molecule has 5 nitrogen and oxygen atoms in total. The number of nitrogens with zero attached hydrogens (tertiary/aromatic N) is 1. The zero-order chi connectivity index (χ0) is 13.0. The zero-order valence-electron chi connectivity index (χ0n) is 9.74. The molecule has 0 saturated heterocycles. The lowest BCUT2D eigenvalue weighted by molar-refractivity contribution is -0.137. The first-order valence-electron chi connectivity index (χ1n) is 5.32. The first kappa shape index (κ1) is 13.6. The van der Waals surface area contributed by atoms with Crippen molar-refractivity contribution >= 4 is 23.5 Å². The van der Waals surface area contributed by atoms with Gasteiger partial charge in [-0.2, -0.15) is 0 Å². The number of carbonyl (C=O) groups excluding carboxylic acids is 1. The summed E-state index contributed by atoms with van der Waals surface area (Å²) in [5.41, 5.74) is 0.440. The number of carboxylic acids is 1. The summed E-state index contributed by atoms with van der Waals surface area (Å²) < 4.78 is 1.71. The van der Waals surface area contributed by atoms with Crippen molar-refractivity contribution in [2.45, 2.75) is 32.9 Å². The van der Waals surface area contributed by atoms with Gasteiger partial charge in [0.15, 0.2) is 0 Å². The van der Waals surface area contributed by atoms with Crippen molar-refractivity contribution in [3.8, 4) is 0 Å². The number of halogens is 1. The molecule has 0 spiro atoms. The fourth-order valence-electron chi connectivity index (χ4n) is 1.54. The molecular weight excluding hydrogens is 244 g/mol. The highest BCUT2D eigenvalue weighted by Crippen LogP contribution is 2.14. The number of rotatable bonds is 5. The molecule has 0 bridgehead atoms. The zero-order valence-corrected chi connectivity index (χ0v) is 10.5. The minimum atomic E-state index is -0.943. The van der Waals surface area contributed by atoms with Crippen LogP contribution in [0.15, 0.2) is 12.3 Å². The Hall–Kier alpha value is -1.49. The van der Waals surface area contributed by atoms with Gasteiger partial charge in [-0.25, -0.2) is 0 Å². The Bertz CT molecular complexity index is 428. The highest BCUT2D eigenvalue weighted by molar-refractivity contribution is 6.31. The van der Waals surface area contributed by atoms with E-state index in [-0.39, 0.29) is 12.3 Å². The Labute approximate surface area is 104 Å². The maximum Gasteiger partial charge on any atom is 0.305 e. The van der Waals surface area contributed by atoms with Crippen LogP contribution in [-0.2, 0) is 11.3 Å². The number of aryl methyl sites for hydroxylation is 1. The number of aromatic nitrogens is 1. The van der Waals surface area contributed by atoms with Crippen LogP contribution in [0.1, 0.15) is 30.8 Å². The van der Waals surface area contributed by atoms with E-state index in [1.54, 1.807) is 23.8 Å². The lowest BCUT2D eigenvalue weighted by Crippen LogP contribution is -2.35. The van der Waals surface area contributed by atoms with Crippen LogP contribution >= 0.6 is 11.6 Å². The Balaban J connectivity index is 2.72. The summed E-state index contributed by atoms with van der Waals surface area (Å²) in [5.74, 6) is -1.26. The van der Waals surface area contributed by atoms with Crippen molar-refractivity contribution in [3.63, 3.8) is 0 Å². The molecule has 2 N–H and O–H groups in total. The molecule has 0 saturated carbocycles. The average Bonchev–Trinajstić information content (AvgIpc) is 2.58. The fourth-order valence-corrected chi connectivity index (χ4v) is 1.76. The molecule has 1 atom stereocenters. The maximum absolute atomic E-state index is 11.8. The van der Waals surface area contributed by atoms with Gasteiger partial charge in [-0.05, 0) is 19.9 Å². The predicted molar refractivity (Wildman–Crippen MR) is 64.3 cm³/mol. The van der Waals surface area contributed by atoms with Crippen molar-refractivity contribution in [2.24, 2.45) is 0 Å². The second-order valence-corrected chi connectivity index (χ2v) is 4.24. The van der Waals surface area contributed by atoms with Gasteiger partial charge in [0.25, 0.3) is 5.91 Å². The molecule has 1 aromatic rings. The van der Waals surface area contributed by atoms with Gasteiger partial charge >= 0.3 is 5.97 Å². The third-order valence-electron chi connectivity index (χ3n) is 2.29. The smallest absolute Gasteiger partial charge is 0.305 e. The maximum atomic E-state index is 11.8. The molecule has 94 valence electrons. The topological polar surface area (TPSA) is 71.3 Å². The van der Waals surface area contributed by atoms with E-state index in [2.05, 4.69) is 5.32 Å². The fraction of sp³-hybridized carbons (Fsp3) is 0.455. The SMILES string of the molecule is CCn1cc(Cl)cc1C(=O)NC(C)CC(=O)O. The van der Waals surface area contributed by atoms with Gasteiger partial charge in [-0.15, -0.1) is 0 Å². The molecule has 0 aliphatic heterocycles. The number of nitrogens with one attached hydrogen (secondary N) is 1. The summed E-state index contributed by atoms with van der Waals surface area (Å²) in [6, 6.07) is 1.15. The summed E-state index contributed by atoms with van der Waals surface area (Å²) in [6.45, 7) is 4.17.